The van der Waals surface area contributed by atoms with E-state index in [1.807, 2.05) is 30.3 Å². The van der Waals surface area contributed by atoms with Crippen molar-refractivity contribution in [2.75, 3.05) is 20.3 Å². The van der Waals surface area contributed by atoms with E-state index in [2.05, 4.69) is 12.2 Å². The van der Waals surface area contributed by atoms with Gasteiger partial charge in [-0.1, -0.05) is 37.6 Å². The Hall–Kier alpha value is -1.36. The van der Waals surface area contributed by atoms with Gasteiger partial charge in [-0.05, 0) is 31.2 Å². The monoisotopic (exact) mass is 279 g/mol. The van der Waals surface area contributed by atoms with Gasteiger partial charge in [0.1, 0.15) is 5.75 Å². The molecule has 0 fully saturated rings. The maximum absolute atomic E-state index is 9.83. The highest BCUT2D eigenvalue weighted by atomic mass is 16.5. The maximum atomic E-state index is 9.83. The molecule has 112 valence electrons. The summed E-state index contributed by atoms with van der Waals surface area (Å²) in [6, 6.07) is 7.38. The number of aliphatic hydroxyl groups is 2. The second-order valence-corrected chi connectivity index (χ2v) is 4.70. The molecule has 0 amide bonds. The summed E-state index contributed by atoms with van der Waals surface area (Å²) in [7, 11) is 1.71. The number of benzene rings is 1. The van der Waals surface area contributed by atoms with Gasteiger partial charge in [-0.2, -0.15) is 0 Å². The van der Waals surface area contributed by atoms with Gasteiger partial charge < -0.3 is 20.3 Å². The van der Waals surface area contributed by atoms with Crippen LogP contribution in [0.3, 0.4) is 0 Å². The van der Waals surface area contributed by atoms with Crippen molar-refractivity contribution in [3.8, 4) is 5.75 Å². The zero-order valence-corrected chi connectivity index (χ0v) is 12.2. The summed E-state index contributed by atoms with van der Waals surface area (Å²) >= 11 is 0. The number of likely N-dealkylation sites (N-methyl/N-ethyl adjacent to an activating group) is 1. The first-order valence-corrected chi connectivity index (χ1v) is 7.08. The molecule has 1 aromatic rings. The van der Waals surface area contributed by atoms with Gasteiger partial charge in [0.15, 0.2) is 0 Å². The molecule has 1 aromatic carbocycles. The average Bonchev–Trinajstić information content (AvgIpc) is 2.48. The van der Waals surface area contributed by atoms with Gasteiger partial charge in [-0.3, -0.25) is 0 Å². The standard InChI is InChI=1S/C16H25NO3/c1-3-4-11-20-14-8-5-13(6-9-14)7-10-16(19)15(12-18)17-2/h5-10,15-19H,3-4,11-12H2,1-2H3/b10-7+/t15-,16+/m1/s1. The summed E-state index contributed by atoms with van der Waals surface area (Å²) in [5.41, 5.74) is 0.986. The molecule has 3 N–H and O–H groups in total. The Kier molecular flexibility index (Phi) is 7.95. The predicted octanol–water partition coefficient (Wildman–Crippen LogP) is 1.82. The number of ether oxygens (including phenoxy) is 1. The minimum Gasteiger partial charge on any atom is -0.494 e. The molecule has 0 saturated heterocycles. The van der Waals surface area contributed by atoms with Crippen molar-refractivity contribution in [2.24, 2.45) is 0 Å². The van der Waals surface area contributed by atoms with Crippen molar-refractivity contribution >= 4 is 6.08 Å². The molecule has 1 rings (SSSR count). The lowest BCUT2D eigenvalue weighted by molar-refractivity contribution is 0.128. The molecule has 20 heavy (non-hydrogen) atoms. The van der Waals surface area contributed by atoms with E-state index in [0.717, 1.165) is 30.8 Å². The highest BCUT2D eigenvalue weighted by Gasteiger charge is 2.12. The molecule has 0 heterocycles. The number of hydrogen-bond acceptors (Lipinski definition) is 4. The van der Waals surface area contributed by atoms with Crippen LogP contribution in [-0.4, -0.2) is 42.6 Å². The summed E-state index contributed by atoms with van der Waals surface area (Å²) in [6.07, 6.45) is 4.96. The largest absolute Gasteiger partial charge is 0.494 e. The van der Waals surface area contributed by atoms with Crippen LogP contribution >= 0.6 is 0 Å². The average molecular weight is 279 g/mol. The number of nitrogens with one attached hydrogen (secondary N) is 1. The van der Waals surface area contributed by atoms with E-state index in [1.54, 1.807) is 13.1 Å². The Morgan fingerprint density at radius 2 is 2.00 bits per heavy atom. The van der Waals surface area contributed by atoms with E-state index >= 15 is 0 Å². The van der Waals surface area contributed by atoms with Crippen LogP contribution < -0.4 is 10.1 Å². The van der Waals surface area contributed by atoms with Gasteiger partial charge in [0.25, 0.3) is 0 Å². The zero-order chi connectivity index (χ0) is 14.8. The molecule has 0 aliphatic carbocycles. The molecule has 0 aliphatic rings. The van der Waals surface area contributed by atoms with Crippen LogP contribution in [0.25, 0.3) is 6.08 Å². The van der Waals surface area contributed by atoms with Crippen molar-refractivity contribution in [1.82, 2.24) is 5.32 Å². The van der Waals surface area contributed by atoms with E-state index in [1.165, 1.54) is 0 Å². The predicted molar refractivity (Wildman–Crippen MR) is 81.8 cm³/mol. The lowest BCUT2D eigenvalue weighted by Gasteiger charge is -2.16. The molecule has 0 radical (unpaired) electrons. The van der Waals surface area contributed by atoms with E-state index in [-0.39, 0.29) is 12.6 Å². The van der Waals surface area contributed by atoms with Crippen molar-refractivity contribution in [3.63, 3.8) is 0 Å². The lowest BCUT2D eigenvalue weighted by atomic mass is 10.1. The van der Waals surface area contributed by atoms with Gasteiger partial charge in [0.05, 0.1) is 25.4 Å². The normalized spacial score (nSPS) is 14.4. The lowest BCUT2D eigenvalue weighted by Crippen LogP contribution is -2.39. The van der Waals surface area contributed by atoms with Gasteiger partial charge in [0, 0.05) is 0 Å². The Bertz CT molecular complexity index is 385. The third-order valence-electron chi connectivity index (χ3n) is 3.11. The summed E-state index contributed by atoms with van der Waals surface area (Å²) < 4.78 is 5.58. The first-order valence-electron chi connectivity index (χ1n) is 7.08. The van der Waals surface area contributed by atoms with Crippen LogP contribution in [0.5, 0.6) is 5.75 Å². The quantitative estimate of drug-likeness (QED) is 0.603. The van der Waals surface area contributed by atoms with Crippen LogP contribution in [0.1, 0.15) is 25.3 Å². The highest BCUT2D eigenvalue weighted by molar-refractivity contribution is 5.51. The molecule has 0 spiro atoms. The summed E-state index contributed by atoms with van der Waals surface area (Å²) in [6.45, 7) is 2.77. The fourth-order valence-electron chi connectivity index (χ4n) is 1.72. The van der Waals surface area contributed by atoms with E-state index in [9.17, 15) is 5.11 Å². The van der Waals surface area contributed by atoms with Gasteiger partial charge in [-0.25, -0.2) is 0 Å². The second-order valence-electron chi connectivity index (χ2n) is 4.70. The molecule has 4 nitrogen and oxygen atoms in total. The van der Waals surface area contributed by atoms with Crippen LogP contribution in [-0.2, 0) is 0 Å². The summed E-state index contributed by atoms with van der Waals surface area (Å²) in [5.74, 6) is 0.861. The summed E-state index contributed by atoms with van der Waals surface area (Å²) in [4.78, 5) is 0. The Balaban J connectivity index is 2.52. The van der Waals surface area contributed by atoms with Gasteiger partial charge in [0.2, 0.25) is 0 Å². The number of aliphatic hydroxyl groups excluding tert-OH is 2. The van der Waals surface area contributed by atoms with Crippen molar-refractivity contribution in [3.05, 3.63) is 35.9 Å². The van der Waals surface area contributed by atoms with Crippen molar-refractivity contribution < 1.29 is 14.9 Å². The molecule has 2 atom stereocenters. The third kappa shape index (κ3) is 5.74. The zero-order valence-electron chi connectivity index (χ0n) is 12.2. The van der Waals surface area contributed by atoms with Crippen LogP contribution in [0.4, 0.5) is 0 Å². The number of rotatable bonds is 9. The molecule has 0 bridgehead atoms. The van der Waals surface area contributed by atoms with Gasteiger partial charge in [-0.15, -0.1) is 0 Å². The van der Waals surface area contributed by atoms with Gasteiger partial charge >= 0.3 is 0 Å². The Morgan fingerprint density at radius 1 is 1.30 bits per heavy atom. The first-order chi connectivity index (χ1) is 9.71. The minimum absolute atomic E-state index is 0.105. The van der Waals surface area contributed by atoms with Crippen LogP contribution in [0.2, 0.25) is 0 Å². The molecule has 0 aromatic heterocycles. The summed E-state index contributed by atoms with van der Waals surface area (Å²) in [5, 5.41) is 21.7. The SMILES string of the molecule is CCCCOc1ccc(/C=C/[C@H](O)[C@@H](CO)NC)cc1. The fourth-order valence-corrected chi connectivity index (χ4v) is 1.72. The molecule has 0 unspecified atom stereocenters. The topological polar surface area (TPSA) is 61.7 Å². The Morgan fingerprint density at radius 3 is 2.55 bits per heavy atom. The molecule has 4 heteroatoms. The van der Waals surface area contributed by atoms with Crippen molar-refractivity contribution in [1.29, 1.82) is 0 Å². The fraction of sp³-hybridized carbons (Fsp3) is 0.500. The Labute approximate surface area is 121 Å². The molecular weight excluding hydrogens is 254 g/mol. The highest BCUT2D eigenvalue weighted by Crippen LogP contribution is 2.14. The second kappa shape index (κ2) is 9.53. The van der Waals surface area contributed by atoms with E-state index < -0.39 is 6.10 Å². The number of hydrogen-bond donors (Lipinski definition) is 3. The minimum atomic E-state index is -0.717. The maximum Gasteiger partial charge on any atom is 0.119 e. The molecule has 0 aliphatic heterocycles. The number of unbranched alkanes of at least 4 members (excludes halogenated alkanes) is 1. The van der Waals surface area contributed by atoms with E-state index in [4.69, 9.17) is 9.84 Å². The molecule has 0 saturated carbocycles. The first kappa shape index (κ1) is 16.7. The van der Waals surface area contributed by atoms with E-state index in [0.29, 0.717) is 0 Å². The smallest absolute Gasteiger partial charge is 0.119 e. The molecular formula is C16H25NO3. The van der Waals surface area contributed by atoms with Crippen LogP contribution in [0.15, 0.2) is 30.3 Å². The van der Waals surface area contributed by atoms with Crippen LogP contribution in [0, 0.1) is 0 Å². The third-order valence-corrected chi connectivity index (χ3v) is 3.11. The van der Waals surface area contributed by atoms with Crippen molar-refractivity contribution in [2.45, 2.75) is 31.9 Å².